The number of hydrogen-bond acceptors (Lipinski definition) is 3. The van der Waals surface area contributed by atoms with Gasteiger partial charge in [-0.3, -0.25) is 4.79 Å². The van der Waals surface area contributed by atoms with Crippen molar-refractivity contribution in [1.29, 1.82) is 0 Å². The van der Waals surface area contributed by atoms with Gasteiger partial charge in [-0.25, -0.2) is 9.40 Å². The number of carbonyl (C=O) groups is 1. The van der Waals surface area contributed by atoms with Crippen molar-refractivity contribution >= 4 is 17.3 Å². The van der Waals surface area contributed by atoms with Gasteiger partial charge in [0.2, 0.25) is 0 Å². The Hall–Kier alpha value is -2.69. The van der Waals surface area contributed by atoms with Crippen LogP contribution in [0.15, 0.2) is 53.6 Å². The van der Waals surface area contributed by atoms with Crippen molar-refractivity contribution in [3.05, 3.63) is 65.5 Å². The quantitative estimate of drug-likeness (QED) is 0.873. The standard InChI is InChI=1S/C18H18FN3O/c1-21(2)17-9-4-3-8-15(17)16-10-11-22(20-16)18(23)13-6-5-7-14(19)12-13/h3-9,12H,10-11H2,1-2H3. The SMILES string of the molecule is CN(C)c1ccccc1C1=NN(C(=O)c2cccc(F)c2)CC1. The Morgan fingerprint density at radius 2 is 1.96 bits per heavy atom. The first-order valence-electron chi connectivity index (χ1n) is 7.48. The Balaban J connectivity index is 1.88. The highest BCUT2D eigenvalue weighted by Gasteiger charge is 2.24. The lowest BCUT2D eigenvalue weighted by atomic mass is 10.1. The van der Waals surface area contributed by atoms with Crippen LogP contribution in [0.4, 0.5) is 10.1 Å². The van der Waals surface area contributed by atoms with Crippen molar-refractivity contribution in [3.8, 4) is 0 Å². The zero-order chi connectivity index (χ0) is 16.4. The summed E-state index contributed by atoms with van der Waals surface area (Å²) in [5.74, 6) is -0.695. The molecule has 0 fully saturated rings. The maximum Gasteiger partial charge on any atom is 0.274 e. The Labute approximate surface area is 134 Å². The first kappa shape index (κ1) is 15.2. The minimum Gasteiger partial charge on any atom is -0.377 e. The fourth-order valence-corrected chi connectivity index (χ4v) is 2.67. The molecule has 0 N–H and O–H groups in total. The van der Waals surface area contributed by atoms with Crippen LogP contribution in [0.1, 0.15) is 22.3 Å². The zero-order valence-electron chi connectivity index (χ0n) is 13.2. The summed E-state index contributed by atoms with van der Waals surface area (Å²) in [7, 11) is 3.95. The van der Waals surface area contributed by atoms with Crippen LogP contribution in [-0.4, -0.2) is 37.3 Å². The molecular formula is C18H18FN3O. The first-order chi connectivity index (χ1) is 11.1. The summed E-state index contributed by atoms with van der Waals surface area (Å²) in [5.41, 5.74) is 3.27. The summed E-state index contributed by atoms with van der Waals surface area (Å²) in [6, 6.07) is 13.7. The second-order valence-corrected chi connectivity index (χ2v) is 5.65. The van der Waals surface area contributed by atoms with Crippen LogP contribution in [0.25, 0.3) is 0 Å². The lowest BCUT2D eigenvalue weighted by Crippen LogP contribution is -2.23. The predicted octanol–water partition coefficient (Wildman–Crippen LogP) is 3.14. The van der Waals surface area contributed by atoms with Crippen molar-refractivity contribution in [2.75, 3.05) is 25.5 Å². The van der Waals surface area contributed by atoms with Gasteiger partial charge in [0.1, 0.15) is 5.82 Å². The first-order valence-corrected chi connectivity index (χ1v) is 7.48. The Kier molecular flexibility index (Phi) is 4.10. The minimum atomic E-state index is -0.419. The van der Waals surface area contributed by atoms with Gasteiger partial charge in [-0.05, 0) is 24.3 Å². The van der Waals surface area contributed by atoms with E-state index in [9.17, 15) is 9.18 Å². The molecule has 0 saturated carbocycles. The summed E-state index contributed by atoms with van der Waals surface area (Å²) in [6.45, 7) is 0.506. The monoisotopic (exact) mass is 311 g/mol. The largest absolute Gasteiger partial charge is 0.377 e. The molecule has 4 nitrogen and oxygen atoms in total. The molecule has 0 bridgehead atoms. The fraction of sp³-hybridized carbons (Fsp3) is 0.222. The number of para-hydroxylation sites is 1. The molecule has 5 heteroatoms. The number of hydrazone groups is 1. The highest BCUT2D eigenvalue weighted by Crippen LogP contribution is 2.24. The van der Waals surface area contributed by atoms with E-state index in [1.54, 1.807) is 6.07 Å². The summed E-state index contributed by atoms with van der Waals surface area (Å²) in [4.78, 5) is 14.5. The molecule has 0 spiro atoms. The van der Waals surface area contributed by atoms with Gasteiger partial charge in [-0.2, -0.15) is 5.10 Å². The average molecular weight is 311 g/mol. The molecule has 1 heterocycles. The number of benzene rings is 2. The van der Waals surface area contributed by atoms with Crippen LogP contribution in [0, 0.1) is 5.82 Å². The fourth-order valence-electron chi connectivity index (χ4n) is 2.67. The molecule has 2 aromatic carbocycles. The number of anilines is 1. The van der Waals surface area contributed by atoms with E-state index in [2.05, 4.69) is 5.10 Å². The van der Waals surface area contributed by atoms with E-state index in [0.717, 1.165) is 17.0 Å². The molecule has 0 radical (unpaired) electrons. The van der Waals surface area contributed by atoms with Gasteiger partial charge in [-0.15, -0.1) is 0 Å². The van der Waals surface area contributed by atoms with Crippen LogP contribution in [0.5, 0.6) is 0 Å². The number of carbonyl (C=O) groups excluding carboxylic acids is 1. The Morgan fingerprint density at radius 3 is 2.70 bits per heavy atom. The molecule has 0 aliphatic carbocycles. The van der Waals surface area contributed by atoms with Crippen molar-refractivity contribution < 1.29 is 9.18 Å². The summed E-state index contributed by atoms with van der Waals surface area (Å²) in [5, 5.41) is 5.87. The molecule has 0 unspecified atom stereocenters. The van der Waals surface area contributed by atoms with Gasteiger partial charge in [0.25, 0.3) is 5.91 Å². The van der Waals surface area contributed by atoms with Crippen molar-refractivity contribution in [1.82, 2.24) is 5.01 Å². The minimum absolute atomic E-state index is 0.276. The van der Waals surface area contributed by atoms with E-state index < -0.39 is 5.82 Å². The maximum atomic E-state index is 13.3. The molecule has 0 atom stereocenters. The van der Waals surface area contributed by atoms with Crippen LogP contribution in [0.3, 0.4) is 0 Å². The summed E-state index contributed by atoms with van der Waals surface area (Å²) >= 11 is 0. The van der Waals surface area contributed by atoms with Crippen LogP contribution >= 0.6 is 0 Å². The van der Waals surface area contributed by atoms with E-state index in [4.69, 9.17) is 0 Å². The van der Waals surface area contributed by atoms with Crippen LogP contribution < -0.4 is 4.90 Å². The van der Waals surface area contributed by atoms with E-state index in [1.807, 2.05) is 43.3 Å². The zero-order valence-corrected chi connectivity index (χ0v) is 13.2. The number of nitrogens with zero attached hydrogens (tertiary/aromatic N) is 3. The molecule has 118 valence electrons. The van der Waals surface area contributed by atoms with Crippen molar-refractivity contribution in [3.63, 3.8) is 0 Å². The number of halogens is 1. The second-order valence-electron chi connectivity index (χ2n) is 5.65. The maximum absolute atomic E-state index is 13.3. The lowest BCUT2D eigenvalue weighted by Gasteiger charge is -2.16. The highest BCUT2D eigenvalue weighted by molar-refractivity contribution is 6.07. The highest BCUT2D eigenvalue weighted by atomic mass is 19.1. The van der Waals surface area contributed by atoms with E-state index >= 15 is 0 Å². The van der Waals surface area contributed by atoms with E-state index in [0.29, 0.717) is 18.5 Å². The molecule has 0 aromatic heterocycles. The Morgan fingerprint density at radius 1 is 1.17 bits per heavy atom. The van der Waals surface area contributed by atoms with Crippen LogP contribution in [-0.2, 0) is 0 Å². The number of rotatable bonds is 3. The summed E-state index contributed by atoms with van der Waals surface area (Å²) in [6.07, 6.45) is 0.686. The topological polar surface area (TPSA) is 35.9 Å². The van der Waals surface area contributed by atoms with Crippen molar-refractivity contribution in [2.45, 2.75) is 6.42 Å². The third-order valence-electron chi connectivity index (χ3n) is 3.80. The molecule has 2 aromatic rings. The normalized spacial score (nSPS) is 13.9. The van der Waals surface area contributed by atoms with Gasteiger partial charge in [0.15, 0.2) is 0 Å². The molecule has 3 rings (SSSR count). The molecule has 1 aliphatic rings. The number of hydrogen-bond donors (Lipinski definition) is 0. The lowest BCUT2D eigenvalue weighted by molar-refractivity contribution is 0.0778. The second kappa shape index (κ2) is 6.20. The molecule has 23 heavy (non-hydrogen) atoms. The van der Waals surface area contributed by atoms with E-state index in [1.165, 1.54) is 23.2 Å². The third kappa shape index (κ3) is 3.08. The van der Waals surface area contributed by atoms with Gasteiger partial charge < -0.3 is 4.90 Å². The summed E-state index contributed by atoms with van der Waals surface area (Å²) < 4.78 is 13.3. The number of amides is 1. The van der Waals surface area contributed by atoms with Crippen molar-refractivity contribution in [2.24, 2.45) is 5.10 Å². The molecule has 1 aliphatic heterocycles. The molecular weight excluding hydrogens is 293 g/mol. The Bertz CT molecular complexity index is 770. The smallest absolute Gasteiger partial charge is 0.274 e. The van der Waals surface area contributed by atoms with Gasteiger partial charge >= 0.3 is 0 Å². The van der Waals surface area contributed by atoms with Gasteiger partial charge in [0, 0.05) is 37.3 Å². The molecule has 0 saturated heterocycles. The van der Waals surface area contributed by atoms with Gasteiger partial charge in [0.05, 0.1) is 12.3 Å². The third-order valence-corrected chi connectivity index (χ3v) is 3.80. The predicted molar refractivity (Wildman–Crippen MR) is 89.4 cm³/mol. The van der Waals surface area contributed by atoms with Crippen LogP contribution in [0.2, 0.25) is 0 Å². The molecule has 1 amide bonds. The van der Waals surface area contributed by atoms with Gasteiger partial charge in [-0.1, -0.05) is 24.3 Å². The van der Waals surface area contributed by atoms with E-state index in [-0.39, 0.29) is 5.91 Å². The average Bonchev–Trinajstić information content (AvgIpc) is 3.04.